The Balaban J connectivity index is 1.65. The molecule has 0 aromatic heterocycles. The first-order valence-electron chi connectivity index (χ1n) is 8.62. The molecule has 5 nitrogen and oxygen atoms in total. The lowest BCUT2D eigenvalue weighted by Crippen LogP contribution is -2.40. The summed E-state index contributed by atoms with van der Waals surface area (Å²) in [5, 5.41) is 2.99. The van der Waals surface area contributed by atoms with Gasteiger partial charge in [-0.3, -0.25) is 9.59 Å². The number of para-hydroxylation sites is 2. The lowest BCUT2D eigenvalue weighted by Gasteiger charge is -2.30. The van der Waals surface area contributed by atoms with Gasteiger partial charge in [-0.25, -0.2) is 0 Å². The van der Waals surface area contributed by atoms with E-state index in [0.29, 0.717) is 37.4 Å². The molecular formula is C20H21IN2O3. The predicted molar refractivity (Wildman–Crippen MR) is 109 cm³/mol. The molecule has 0 unspecified atom stereocenters. The molecule has 1 N–H and O–H groups in total. The van der Waals surface area contributed by atoms with Crippen LogP contribution in [0.25, 0.3) is 0 Å². The Labute approximate surface area is 166 Å². The van der Waals surface area contributed by atoms with Gasteiger partial charge in [0.05, 0.1) is 5.69 Å². The maximum absolute atomic E-state index is 12.6. The number of hydrogen-bond donors (Lipinski definition) is 1. The number of carbonyl (C=O) groups is 2. The molecule has 2 aromatic rings. The summed E-state index contributed by atoms with van der Waals surface area (Å²) in [5.41, 5.74) is 0.657. The van der Waals surface area contributed by atoms with Crippen molar-refractivity contribution in [3.05, 3.63) is 52.1 Å². The Morgan fingerprint density at radius 1 is 1.08 bits per heavy atom. The van der Waals surface area contributed by atoms with Gasteiger partial charge in [0.15, 0.2) is 5.75 Å². The third kappa shape index (κ3) is 4.75. The van der Waals surface area contributed by atoms with Gasteiger partial charge in [-0.1, -0.05) is 12.1 Å². The van der Waals surface area contributed by atoms with Crippen molar-refractivity contribution in [1.82, 2.24) is 4.90 Å². The topological polar surface area (TPSA) is 58.6 Å². The van der Waals surface area contributed by atoms with Crippen LogP contribution in [0, 0.1) is 9.49 Å². The largest absolute Gasteiger partial charge is 0.455 e. The molecule has 1 fully saturated rings. The van der Waals surface area contributed by atoms with Crippen LogP contribution in [0.3, 0.4) is 0 Å². The fraction of sp³-hybridized carbons (Fsp3) is 0.300. The Kier molecular flexibility index (Phi) is 6.13. The van der Waals surface area contributed by atoms with Crippen LogP contribution in [0.1, 0.15) is 19.8 Å². The summed E-state index contributed by atoms with van der Waals surface area (Å²) in [6, 6.07) is 15.2. The molecule has 0 radical (unpaired) electrons. The maximum atomic E-state index is 12.6. The first-order chi connectivity index (χ1) is 12.5. The molecular weight excluding hydrogens is 443 g/mol. The van der Waals surface area contributed by atoms with Crippen LogP contribution in [0.5, 0.6) is 11.5 Å². The summed E-state index contributed by atoms with van der Waals surface area (Å²) >= 11 is 2.24. The highest BCUT2D eigenvalue weighted by molar-refractivity contribution is 14.1. The van der Waals surface area contributed by atoms with Crippen molar-refractivity contribution in [1.29, 1.82) is 0 Å². The zero-order chi connectivity index (χ0) is 18.5. The Bertz CT molecular complexity index is 784. The zero-order valence-corrected chi connectivity index (χ0v) is 16.7. The number of halogens is 1. The van der Waals surface area contributed by atoms with Crippen molar-refractivity contribution in [3.63, 3.8) is 0 Å². The van der Waals surface area contributed by atoms with Gasteiger partial charge in [0.2, 0.25) is 11.8 Å². The third-order valence-electron chi connectivity index (χ3n) is 4.50. The predicted octanol–water partition coefficient (Wildman–Crippen LogP) is 4.28. The second-order valence-corrected chi connectivity index (χ2v) is 7.57. The highest BCUT2D eigenvalue weighted by Gasteiger charge is 2.26. The highest BCUT2D eigenvalue weighted by atomic mass is 127. The number of anilines is 1. The van der Waals surface area contributed by atoms with E-state index in [1.165, 1.54) is 0 Å². The molecule has 2 amide bonds. The molecule has 3 rings (SSSR count). The second-order valence-electron chi connectivity index (χ2n) is 6.32. The van der Waals surface area contributed by atoms with Crippen LogP contribution >= 0.6 is 22.6 Å². The van der Waals surface area contributed by atoms with Crippen molar-refractivity contribution >= 4 is 40.1 Å². The fourth-order valence-electron chi connectivity index (χ4n) is 2.98. The van der Waals surface area contributed by atoms with Gasteiger partial charge in [-0.2, -0.15) is 0 Å². The average molecular weight is 464 g/mol. The van der Waals surface area contributed by atoms with Gasteiger partial charge in [0, 0.05) is 29.5 Å². The molecule has 0 bridgehead atoms. The summed E-state index contributed by atoms with van der Waals surface area (Å²) in [5.74, 6) is 1.30. The Morgan fingerprint density at radius 2 is 1.73 bits per heavy atom. The molecule has 2 aromatic carbocycles. The van der Waals surface area contributed by atoms with Crippen LogP contribution in [-0.2, 0) is 9.59 Å². The van der Waals surface area contributed by atoms with Crippen molar-refractivity contribution in [3.8, 4) is 11.5 Å². The van der Waals surface area contributed by atoms with Crippen LogP contribution < -0.4 is 10.1 Å². The molecule has 1 saturated heterocycles. The number of nitrogens with zero attached hydrogens (tertiary/aromatic N) is 1. The van der Waals surface area contributed by atoms with E-state index in [4.69, 9.17) is 4.74 Å². The smallest absolute Gasteiger partial charge is 0.227 e. The molecule has 136 valence electrons. The summed E-state index contributed by atoms with van der Waals surface area (Å²) in [7, 11) is 0. The number of rotatable bonds is 4. The molecule has 26 heavy (non-hydrogen) atoms. The van der Waals surface area contributed by atoms with Gasteiger partial charge in [0.25, 0.3) is 0 Å². The van der Waals surface area contributed by atoms with E-state index in [-0.39, 0.29) is 17.7 Å². The van der Waals surface area contributed by atoms with Gasteiger partial charge in [0.1, 0.15) is 5.75 Å². The van der Waals surface area contributed by atoms with Gasteiger partial charge < -0.3 is 15.0 Å². The first-order valence-corrected chi connectivity index (χ1v) is 9.69. The summed E-state index contributed by atoms with van der Waals surface area (Å²) in [6.45, 7) is 2.83. The first kappa shape index (κ1) is 18.7. The van der Waals surface area contributed by atoms with Gasteiger partial charge in [-0.15, -0.1) is 0 Å². The second kappa shape index (κ2) is 8.53. The maximum Gasteiger partial charge on any atom is 0.227 e. The lowest BCUT2D eigenvalue weighted by atomic mass is 9.96. The number of piperidine rings is 1. The minimum Gasteiger partial charge on any atom is -0.455 e. The fourth-order valence-corrected chi connectivity index (χ4v) is 3.34. The lowest BCUT2D eigenvalue weighted by molar-refractivity contribution is -0.132. The van der Waals surface area contributed by atoms with Crippen molar-refractivity contribution in [2.24, 2.45) is 5.92 Å². The highest BCUT2D eigenvalue weighted by Crippen LogP contribution is 2.30. The van der Waals surface area contributed by atoms with E-state index in [1.807, 2.05) is 48.5 Å². The summed E-state index contributed by atoms with van der Waals surface area (Å²) in [6.07, 6.45) is 1.37. The quantitative estimate of drug-likeness (QED) is 0.688. The monoisotopic (exact) mass is 464 g/mol. The Morgan fingerprint density at radius 3 is 2.38 bits per heavy atom. The SMILES string of the molecule is CC(=O)N1CCC(C(=O)Nc2ccccc2Oc2ccc(I)cc2)CC1. The molecule has 1 aliphatic heterocycles. The van der Waals surface area contributed by atoms with E-state index in [1.54, 1.807) is 11.8 Å². The van der Waals surface area contributed by atoms with Crippen LogP contribution in [0.2, 0.25) is 0 Å². The van der Waals surface area contributed by atoms with E-state index < -0.39 is 0 Å². The van der Waals surface area contributed by atoms with E-state index in [2.05, 4.69) is 27.9 Å². The van der Waals surface area contributed by atoms with E-state index >= 15 is 0 Å². The number of carbonyl (C=O) groups excluding carboxylic acids is 2. The number of likely N-dealkylation sites (tertiary alicyclic amines) is 1. The van der Waals surface area contributed by atoms with Crippen molar-refractivity contribution < 1.29 is 14.3 Å². The minimum absolute atomic E-state index is 0.0214. The Hall–Kier alpha value is -2.09. The van der Waals surface area contributed by atoms with Crippen LogP contribution in [-0.4, -0.2) is 29.8 Å². The van der Waals surface area contributed by atoms with E-state index in [9.17, 15) is 9.59 Å². The van der Waals surface area contributed by atoms with Crippen molar-refractivity contribution in [2.75, 3.05) is 18.4 Å². The number of nitrogens with one attached hydrogen (secondary N) is 1. The molecule has 1 heterocycles. The van der Waals surface area contributed by atoms with Gasteiger partial charge >= 0.3 is 0 Å². The van der Waals surface area contributed by atoms with Gasteiger partial charge in [-0.05, 0) is 71.8 Å². The number of benzene rings is 2. The minimum atomic E-state index is -0.0861. The molecule has 0 aliphatic carbocycles. The third-order valence-corrected chi connectivity index (χ3v) is 5.22. The zero-order valence-electron chi connectivity index (χ0n) is 14.6. The molecule has 0 saturated carbocycles. The number of amides is 2. The molecule has 0 atom stereocenters. The van der Waals surface area contributed by atoms with Crippen molar-refractivity contribution in [2.45, 2.75) is 19.8 Å². The summed E-state index contributed by atoms with van der Waals surface area (Å²) in [4.78, 5) is 25.8. The number of ether oxygens (including phenoxy) is 1. The molecule has 0 spiro atoms. The average Bonchev–Trinajstić information content (AvgIpc) is 2.65. The molecule has 1 aliphatic rings. The standard InChI is InChI=1S/C20H21IN2O3/c1-14(24)23-12-10-15(11-13-23)20(25)22-18-4-2-3-5-19(18)26-17-8-6-16(21)7-9-17/h2-9,15H,10-13H2,1H3,(H,22,25). The summed E-state index contributed by atoms with van der Waals surface area (Å²) < 4.78 is 7.06. The number of hydrogen-bond acceptors (Lipinski definition) is 3. The molecule has 6 heteroatoms. The van der Waals surface area contributed by atoms with Crippen LogP contribution in [0.4, 0.5) is 5.69 Å². The van der Waals surface area contributed by atoms with E-state index in [0.717, 1.165) is 9.32 Å². The normalized spacial score (nSPS) is 14.8. The van der Waals surface area contributed by atoms with Crippen LogP contribution in [0.15, 0.2) is 48.5 Å².